The molecule has 4 heteroatoms. The Kier molecular flexibility index (Phi) is 3.28. The summed E-state index contributed by atoms with van der Waals surface area (Å²) in [5.41, 5.74) is 1.49. The van der Waals surface area contributed by atoms with E-state index in [4.69, 9.17) is 15.1 Å². The molecule has 2 N–H and O–H groups in total. The summed E-state index contributed by atoms with van der Waals surface area (Å²) < 4.78 is 5.58. The fraction of sp³-hybridized carbons (Fsp3) is 0.417. The highest BCUT2D eigenvalue weighted by Crippen LogP contribution is 2.30. The molecule has 0 amide bonds. The third kappa shape index (κ3) is 2.26. The van der Waals surface area contributed by atoms with Crippen molar-refractivity contribution in [3.05, 3.63) is 23.8 Å². The van der Waals surface area contributed by atoms with Crippen LogP contribution in [-0.4, -0.2) is 24.4 Å². The minimum Gasteiger partial charge on any atom is -0.489 e. The second kappa shape index (κ2) is 4.86. The Hall–Kier alpha value is -1.73. The van der Waals surface area contributed by atoms with E-state index < -0.39 is 0 Å². The molecule has 4 nitrogen and oxygen atoms in total. The molecule has 84 valence electrons. The average molecular weight is 218 g/mol. The van der Waals surface area contributed by atoms with Gasteiger partial charge in [-0.05, 0) is 31.0 Å². The van der Waals surface area contributed by atoms with Crippen LogP contribution in [0.2, 0.25) is 0 Å². The van der Waals surface area contributed by atoms with E-state index in [2.05, 4.69) is 11.4 Å². The molecule has 2 rings (SSSR count). The molecule has 1 aliphatic heterocycles. The molecule has 0 aromatic heterocycles. The van der Waals surface area contributed by atoms with Gasteiger partial charge in [-0.15, -0.1) is 0 Å². The zero-order valence-corrected chi connectivity index (χ0v) is 8.94. The van der Waals surface area contributed by atoms with Crippen molar-refractivity contribution >= 4 is 5.69 Å². The molecule has 0 saturated carbocycles. The molecule has 1 aliphatic rings. The molecule has 0 fully saturated rings. The Labute approximate surface area is 94.5 Å². The largest absolute Gasteiger partial charge is 0.489 e. The molecule has 0 saturated heterocycles. The summed E-state index contributed by atoms with van der Waals surface area (Å²) in [6, 6.07) is 7.66. The molecule has 0 aliphatic carbocycles. The number of anilines is 1. The molecule has 1 heterocycles. The molecule has 1 aromatic carbocycles. The topological polar surface area (TPSA) is 65.3 Å². The maximum Gasteiger partial charge on any atom is 0.142 e. The number of rotatable bonds is 3. The SMILES string of the molecule is N#Cc1ccc2c(c1)NC(CCCO)CO2. The van der Waals surface area contributed by atoms with Gasteiger partial charge in [0.05, 0.1) is 23.4 Å². The highest BCUT2D eigenvalue weighted by Gasteiger charge is 2.18. The van der Waals surface area contributed by atoms with Crippen LogP contribution in [0.5, 0.6) is 5.75 Å². The zero-order valence-electron chi connectivity index (χ0n) is 8.94. The van der Waals surface area contributed by atoms with Crippen LogP contribution in [0.3, 0.4) is 0 Å². The highest BCUT2D eigenvalue weighted by atomic mass is 16.5. The molecule has 0 spiro atoms. The number of ether oxygens (including phenoxy) is 1. The van der Waals surface area contributed by atoms with E-state index in [0.717, 1.165) is 24.3 Å². The lowest BCUT2D eigenvalue weighted by atomic mass is 10.1. The van der Waals surface area contributed by atoms with Crippen molar-refractivity contribution < 1.29 is 9.84 Å². The maximum atomic E-state index is 8.79. The van der Waals surface area contributed by atoms with Gasteiger partial charge in [0.1, 0.15) is 12.4 Å². The molecule has 0 radical (unpaired) electrons. The van der Waals surface area contributed by atoms with Gasteiger partial charge in [0.2, 0.25) is 0 Å². The molecule has 1 aromatic rings. The normalized spacial score (nSPS) is 17.9. The number of nitrogens with one attached hydrogen (secondary N) is 1. The lowest BCUT2D eigenvalue weighted by molar-refractivity contribution is 0.249. The summed E-state index contributed by atoms with van der Waals surface area (Å²) >= 11 is 0. The number of hydrogen-bond acceptors (Lipinski definition) is 4. The van der Waals surface area contributed by atoms with Gasteiger partial charge < -0.3 is 15.2 Å². The number of aliphatic hydroxyl groups excluding tert-OH is 1. The maximum absolute atomic E-state index is 8.79. The molecule has 1 unspecified atom stereocenters. The molecule has 1 atom stereocenters. The van der Waals surface area contributed by atoms with Crippen LogP contribution in [0.4, 0.5) is 5.69 Å². The fourth-order valence-corrected chi connectivity index (χ4v) is 1.78. The fourth-order valence-electron chi connectivity index (χ4n) is 1.78. The van der Waals surface area contributed by atoms with Crippen LogP contribution in [0.15, 0.2) is 18.2 Å². The van der Waals surface area contributed by atoms with E-state index in [9.17, 15) is 0 Å². The Morgan fingerprint density at radius 3 is 3.19 bits per heavy atom. The van der Waals surface area contributed by atoms with Crippen molar-refractivity contribution in [2.24, 2.45) is 0 Å². The predicted molar refractivity (Wildman–Crippen MR) is 60.4 cm³/mol. The van der Waals surface area contributed by atoms with Gasteiger partial charge in [-0.25, -0.2) is 0 Å². The average Bonchev–Trinajstić information content (AvgIpc) is 2.35. The first kappa shape index (κ1) is 10.8. The second-order valence-electron chi connectivity index (χ2n) is 3.84. The van der Waals surface area contributed by atoms with Crippen LogP contribution < -0.4 is 10.1 Å². The third-order valence-corrected chi connectivity index (χ3v) is 2.62. The number of aliphatic hydroxyl groups is 1. The Morgan fingerprint density at radius 2 is 2.44 bits per heavy atom. The Balaban J connectivity index is 2.09. The van der Waals surface area contributed by atoms with E-state index in [0.29, 0.717) is 12.2 Å². The quantitative estimate of drug-likeness (QED) is 0.807. The van der Waals surface area contributed by atoms with Crippen LogP contribution in [0.1, 0.15) is 18.4 Å². The van der Waals surface area contributed by atoms with Gasteiger partial charge in [0, 0.05) is 6.61 Å². The van der Waals surface area contributed by atoms with Gasteiger partial charge in [-0.3, -0.25) is 0 Å². The standard InChI is InChI=1S/C12H14N2O2/c13-7-9-3-4-12-11(6-9)14-10(8-16-12)2-1-5-15/h3-4,6,10,14-15H,1-2,5,8H2. The first-order valence-electron chi connectivity index (χ1n) is 5.38. The van der Waals surface area contributed by atoms with Crippen molar-refractivity contribution in [1.29, 1.82) is 5.26 Å². The first-order chi connectivity index (χ1) is 7.83. The van der Waals surface area contributed by atoms with E-state index >= 15 is 0 Å². The van der Waals surface area contributed by atoms with Crippen LogP contribution in [0, 0.1) is 11.3 Å². The van der Waals surface area contributed by atoms with Crippen LogP contribution in [-0.2, 0) is 0 Å². The van der Waals surface area contributed by atoms with Crippen molar-refractivity contribution in [1.82, 2.24) is 0 Å². The predicted octanol–water partition coefficient (Wildman–Crippen LogP) is 1.50. The van der Waals surface area contributed by atoms with Crippen LogP contribution >= 0.6 is 0 Å². The third-order valence-electron chi connectivity index (χ3n) is 2.62. The Morgan fingerprint density at radius 1 is 1.56 bits per heavy atom. The van der Waals surface area contributed by atoms with Crippen molar-refractivity contribution in [2.45, 2.75) is 18.9 Å². The number of benzene rings is 1. The summed E-state index contributed by atoms with van der Waals surface area (Å²) in [5, 5.41) is 20.9. The van der Waals surface area contributed by atoms with Gasteiger partial charge in [0.25, 0.3) is 0 Å². The Bertz CT molecular complexity index is 412. The van der Waals surface area contributed by atoms with Crippen molar-refractivity contribution in [2.75, 3.05) is 18.5 Å². The first-order valence-corrected chi connectivity index (χ1v) is 5.38. The van der Waals surface area contributed by atoms with Gasteiger partial charge >= 0.3 is 0 Å². The lowest BCUT2D eigenvalue weighted by Gasteiger charge is -2.27. The molecule has 16 heavy (non-hydrogen) atoms. The van der Waals surface area contributed by atoms with E-state index in [-0.39, 0.29) is 12.6 Å². The minimum atomic E-state index is 0.198. The van der Waals surface area contributed by atoms with Crippen molar-refractivity contribution in [3.8, 4) is 11.8 Å². The number of fused-ring (bicyclic) bond motifs is 1. The lowest BCUT2D eigenvalue weighted by Crippen LogP contribution is -2.31. The monoisotopic (exact) mass is 218 g/mol. The number of hydrogen-bond donors (Lipinski definition) is 2. The van der Waals surface area contributed by atoms with E-state index in [1.807, 2.05) is 6.07 Å². The summed E-state index contributed by atoms with van der Waals surface area (Å²) in [6.45, 7) is 0.808. The second-order valence-corrected chi connectivity index (χ2v) is 3.84. The van der Waals surface area contributed by atoms with E-state index in [1.54, 1.807) is 12.1 Å². The van der Waals surface area contributed by atoms with Crippen LogP contribution in [0.25, 0.3) is 0 Å². The number of nitrogens with zero attached hydrogens (tertiary/aromatic N) is 1. The van der Waals surface area contributed by atoms with Gasteiger partial charge in [-0.1, -0.05) is 0 Å². The minimum absolute atomic E-state index is 0.198. The summed E-state index contributed by atoms with van der Waals surface area (Å²) in [7, 11) is 0. The summed E-state index contributed by atoms with van der Waals surface area (Å²) in [5.74, 6) is 0.791. The van der Waals surface area contributed by atoms with Crippen molar-refractivity contribution in [3.63, 3.8) is 0 Å². The molecule has 0 bridgehead atoms. The summed E-state index contributed by atoms with van der Waals surface area (Å²) in [4.78, 5) is 0. The molecular formula is C12H14N2O2. The summed E-state index contributed by atoms with van der Waals surface area (Å²) in [6.07, 6.45) is 1.63. The molecular weight excluding hydrogens is 204 g/mol. The zero-order chi connectivity index (χ0) is 11.4. The number of nitriles is 1. The highest BCUT2D eigenvalue weighted by molar-refractivity contribution is 5.61. The van der Waals surface area contributed by atoms with Gasteiger partial charge in [0.15, 0.2) is 0 Å². The van der Waals surface area contributed by atoms with Gasteiger partial charge in [-0.2, -0.15) is 5.26 Å². The van der Waals surface area contributed by atoms with E-state index in [1.165, 1.54) is 0 Å². The smallest absolute Gasteiger partial charge is 0.142 e.